The molecule has 0 spiro atoms. The molecule has 1 rings (SSSR count). The number of ether oxygens (including phenoxy) is 1. The summed E-state index contributed by atoms with van der Waals surface area (Å²) in [4.78, 5) is -0.751. The third-order valence-electron chi connectivity index (χ3n) is 2.35. The molecule has 1 aliphatic heterocycles. The molecule has 0 aromatic heterocycles. The quantitative estimate of drug-likeness (QED) is 0.560. The van der Waals surface area contributed by atoms with E-state index in [0.717, 1.165) is 0 Å². The predicted molar refractivity (Wildman–Crippen MR) is 50.3 cm³/mol. The van der Waals surface area contributed by atoms with Crippen LogP contribution in [0, 0.1) is 0 Å². The largest absolute Gasteiger partial charge is 0.388 e. The molecule has 12 heavy (non-hydrogen) atoms. The number of hydrogen-bond donors (Lipinski definition) is 1. The monoisotopic (exact) mass is 213 g/mol. The van der Waals surface area contributed by atoms with Crippen molar-refractivity contribution in [1.29, 1.82) is 1.28 Å². The highest BCUT2D eigenvalue weighted by molar-refractivity contribution is 7.09. The van der Waals surface area contributed by atoms with E-state index in [1.54, 1.807) is 6.92 Å². The van der Waals surface area contributed by atoms with Crippen molar-refractivity contribution in [1.82, 2.24) is 0 Å². The Hall–Kier alpha value is 0.600. The molecule has 5 atom stereocenters. The molecule has 1 unspecified atom stereocenters. The van der Waals surface area contributed by atoms with Gasteiger partial charge in [-0.2, -0.15) is 0 Å². The highest BCUT2D eigenvalue weighted by Gasteiger charge is 2.49. The van der Waals surface area contributed by atoms with Crippen LogP contribution >= 0.6 is 21.0 Å². The Balaban J connectivity index is 2.52. The van der Waals surface area contributed by atoms with Gasteiger partial charge in [0.2, 0.25) is 0 Å². The fourth-order valence-corrected chi connectivity index (χ4v) is 1.64. The summed E-state index contributed by atoms with van der Waals surface area (Å²) < 4.78 is 17.1. The average molecular weight is 214 g/mol. The van der Waals surface area contributed by atoms with Crippen LogP contribution in [-0.4, -0.2) is 36.2 Å². The average Bonchev–Trinajstić information content (AvgIpc) is 2.26. The molecule has 0 aliphatic carbocycles. The van der Waals surface area contributed by atoms with Gasteiger partial charge in [0.05, 0.1) is 18.9 Å². The Morgan fingerprint density at radius 2 is 2.58 bits per heavy atom. The Morgan fingerprint density at radius 1 is 1.92 bits per heavy atom. The van der Waals surface area contributed by atoms with E-state index in [2.05, 4.69) is 0 Å². The van der Waals surface area contributed by atoms with E-state index in [1.165, 1.54) is 0 Å². The van der Waals surface area contributed by atoms with Crippen LogP contribution in [0.5, 0.6) is 0 Å². The van der Waals surface area contributed by atoms with E-state index in [9.17, 15) is 5.11 Å². The summed E-state index contributed by atoms with van der Waals surface area (Å²) in [5.41, 5.74) is 0. The summed E-state index contributed by atoms with van der Waals surface area (Å²) in [5.74, 6) is 0. The van der Waals surface area contributed by atoms with Crippen LogP contribution < -0.4 is 0 Å². The number of halogens is 1. The van der Waals surface area contributed by atoms with Gasteiger partial charge in [0.15, 0.2) is 0 Å². The minimum atomic E-state index is -0.751. The Kier molecular flexibility index (Phi) is 2.88. The molecule has 1 aliphatic rings. The number of aliphatic hydroxyl groups is 1. The minimum absolute atomic E-state index is 0.202. The van der Waals surface area contributed by atoms with Crippen LogP contribution in [0.1, 0.15) is 13.8 Å². The summed E-state index contributed by atoms with van der Waals surface area (Å²) in [6.07, 6.45) is -1.34. The second-order valence-electron chi connectivity index (χ2n) is 3.22. The lowest BCUT2D eigenvalue weighted by atomic mass is 9.98. The SMILES string of the molecule is [2H]POC[C@H]1O[C@@H](C)[C@](C)(Cl)[C@@H]1O. The molecule has 72 valence electrons. The van der Waals surface area contributed by atoms with Gasteiger partial charge >= 0.3 is 0 Å². The van der Waals surface area contributed by atoms with E-state index < -0.39 is 17.1 Å². The highest BCUT2D eigenvalue weighted by atomic mass is 35.5. The number of aliphatic hydroxyl groups excluding tert-OH is 1. The molecule has 0 saturated carbocycles. The number of alkyl halides is 1. The third-order valence-corrected chi connectivity index (χ3v) is 3.05. The summed E-state index contributed by atoms with van der Waals surface area (Å²) in [7, 11) is -0.336. The van der Waals surface area contributed by atoms with Gasteiger partial charge in [-0.15, -0.1) is 11.6 Å². The second-order valence-corrected chi connectivity index (χ2v) is 4.33. The molecule has 0 amide bonds. The van der Waals surface area contributed by atoms with Gasteiger partial charge in [-0.3, -0.25) is 0 Å². The summed E-state index contributed by atoms with van der Waals surface area (Å²) in [6, 6.07) is 0. The molecule has 1 fully saturated rings. The summed E-state index contributed by atoms with van der Waals surface area (Å²) >= 11 is 6.07. The standard InChI is InChI=1S/C7H14ClO3P/c1-4-7(2,8)6(9)5(11-4)3-10-12/h4-6,9H,3,12H2,1-2H3/t4-,5+,6+,7-/m0/s1/i12D/t4-,5+,6+,7-,12?. The van der Waals surface area contributed by atoms with E-state index >= 15 is 0 Å². The molecule has 1 saturated heterocycles. The molecule has 1 heterocycles. The molecule has 0 aromatic rings. The van der Waals surface area contributed by atoms with Gasteiger partial charge in [0, 0.05) is 9.41 Å². The van der Waals surface area contributed by atoms with Crippen molar-refractivity contribution in [2.24, 2.45) is 0 Å². The van der Waals surface area contributed by atoms with Crippen molar-refractivity contribution in [3.8, 4) is 0 Å². The summed E-state index contributed by atoms with van der Waals surface area (Å²) in [6.45, 7) is 3.79. The van der Waals surface area contributed by atoms with Crippen LogP contribution in [0.15, 0.2) is 0 Å². The van der Waals surface area contributed by atoms with Gasteiger partial charge in [-0.1, -0.05) is 0 Å². The maximum atomic E-state index is 9.72. The fraction of sp³-hybridized carbons (Fsp3) is 1.00. The molecule has 0 bridgehead atoms. The van der Waals surface area contributed by atoms with Gasteiger partial charge < -0.3 is 14.4 Å². The number of hydrogen-bond acceptors (Lipinski definition) is 3. The molecular weight excluding hydrogens is 199 g/mol. The first-order chi connectivity index (χ1) is 6.00. The molecule has 0 aromatic carbocycles. The van der Waals surface area contributed by atoms with Crippen molar-refractivity contribution in [2.45, 2.75) is 37.0 Å². The highest BCUT2D eigenvalue weighted by Crippen LogP contribution is 2.36. The maximum Gasteiger partial charge on any atom is 0.109 e. The van der Waals surface area contributed by atoms with E-state index in [1.807, 2.05) is 6.92 Å². The van der Waals surface area contributed by atoms with Crippen LogP contribution in [0.25, 0.3) is 0 Å². The van der Waals surface area contributed by atoms with Crippen LogP contribution in [-0.2, 0) is 9.26 Å². The topological polar surface area (TPSA) is 38.7 Å². The van der Waals surface area contributed by atoms with Crippen LogP contribution in [0.4, 0.5) is 0 Å². The normalized spacial score (nSPS) is 50.3. The van der Waals surface area contributed by atoms with Crippen molar-refractivity contribution >= 4 is 21.0 Å². The maximum absolute atomic E-state index is 9.72. The van der Waals surface area contributed by atoms with Crippen LogP contribution in [0.2, 0.25) is 0 Å². The zero-order valence-corrected chi connectivity index (χ0v) is 8.84. The van der Waals surface area contributed by atoms with Crippen LogP contribution in [0.3, 0.4) is 0 Å². The Morgan fingerprint density at radius 3 is 3.00 bits per heavy atom. The van der Waals surface area contributed by atoms with Crippen molar-refractivity contribution in [2.75, 3.05) is 6.61 Å². The molecule has 1 N–H and O–H groups in total. The van der Waals surface area contributed by atoms with Crippen molar-refractivity contribution in [3.63, 3.8) is 0 Å². The number of rotatable bonds is 3. The minimum Gasteiger partial charge on any atom is -0.388 e. The first-order valence-electron chi connectivity index (χ1n) is 4.31. The van der Waals surface area contributed by atoms with Crippen molar-refractivity contribution < 1.29 is 14.4 Å². The van der Waals surface area contributed by atoms with Gasteiger partial charge in [-0.25, -0.2) is 0 Å². The summed E-state index contributed by atoms with van der Waals surface area (Å²) in [5, 5.41) is 9.72. The Bertz CT molecular complexity index is 181. The third kappa shape index (κ3) is 1.75. The molecule has 3 nitrogen and oxygen atoms in total. The zero-order valence-electron chi connectivity index (χ0n) is 8.08. The lowest BCUT2D eigenvalue weighted by molar-refractivity contribution is -0.00719. The molecule has 5 heteroatoms. The lowest BCUT2D eigenvalue weighted by Gasteiger charge is -2.22. The van der Waals surface area contributed by atoms with E-state index in [0.29, 0.717) is 0 Å². The molecular formula is C7H14ClO3P. The first-order valence-corrected chi connectivity index (χ1v) is 4.59. The van der Waals surface area contributed by atoms with E-state index in [4.69, 9.17) is 22.1 Å². The fourth-order valence-electron chi connectivity index (χ4n) is 1.29. The lowest BCUT2D eigenvalue weighted by Crippen LogP contribution is -2.39. The molecule has 0 radical (unpaired) electrons. The first kappa shape index (κ1) is 9.17. The van der Waals surface area contributed by atoms with Gasteiger partial charge in [-0.05, 0) is 13.8 Å². The van der Waals surface area contributed by atoms with Gasteiger partial charge in [0.1, 0.15) is 12.2 Å². The zero-order chi connectivity index (χ0) is 10.1. The smallest absolute Gasteiger partial charge is 0.109 e. The second kappa shape index (κ2) is 3.77. The van der Waals surface area contributed by atoms with Crippen molar-refractivity contribution in [3.05, 3.63) is 0 Å². The Labute approximate surface area is 80.9 Å². The van der Waals surface area contributed by atoms with Gasteiger partial charge in [0.25, 0.3) is 0 Å². The van der Waals surface area contributed by atoms with E-state index in [-0.39, 0.29) is 22.1 Å². The predicted octanol–water partition coefficient (Wildman–Crippen LogP) is 0.939.